The van der Waals surface area contributed by atoms with Gasteiger partial charge in [0.1, 0.15) is 6.15 Å². The Balaban J connectivity index is 2.44. The number of alkyl halides is 1. The number of fused-ring (bicyclic) bond motifs is 1. The number of nitrogens with zero attached hydrogens (tertiary/aromatic N) is 1. The summed E-state index contributed by atoms with van der Waals surface area (Å²) in [5, 5.41) is 9.52. The van der Waals surface area contributed by atoms with Crippen LogP contribution in [0.4, 0.5) is 4.39 Å². The minimum Gasteiger partial charge on any atom is -0.394 e. The Bertz CT molecular complexity index is 318. The first-order valence-corrected chi connectivity index (χ1v) is 3.69. The van der Waals surface area contributed by atoms with Crippen molar-refractivity contribution in [1.82, 2.24) is 4.90 Å². The second kappa shape index (κ2) is 2.42. The lowest BCUT2D eigenvalue weighted by Gasteiger charge is -2.28. The molecule has 2 aliphatic rings. The largest absolute Gasteiger partial charge is 0.394 e. The van der Waals surface area contributed by atoms with Crippen LogP contribution in [0.15, 0.2) is 0 Å². The Morgan fingerprint density at radius 2 is 2.82 bits per heavy atom. The second-order valence-electron chi connectivity index (χ2n) is 3.08. The lowest BCUT2D eigenvalue weighted by Crippen LogP contribution is -2.41. The molecular weight excluding hydrogens is 145 g/mol. The van der Waals surface area contributed by atoms with Gasteiger partial charge >= 0.3 is 0 Å². The fraction of sp³-hybridized carbons (Fsp3) is 1.00. The highest BCUT2D eigenvalue weighted by molar-refractivity contribution is 5.03. The molecule has 2 saturated heterocycles. The van der Waals surface area contributed by atoms with E-state index in [0.29, 0.717) is 0 Å². The van der Waals surface area contributed by atoms with Gasteiger partial charge in [-0.05, 0) is 19.3 Å². The molecule has 0 radical (unpaired) electrons. The van der Waals surface area contributed by atoms with Crippen molar-refractivity contribution in [2.75, 3.05) is 19.6 Å². The maximum absolute atomic E-state index is 13.6. The number of hydrogen-bond acceptors (Lipinski definition) is 2. The molecule has 3 heteroatoms. The third-order valence-electron chi connectivity index (χ3n) is 2.38. The maximum Gasteiger partial charge on any atom is 0.115 e. The van der Waals surface area contributed by atoms with Gasteiger partial charge in [-0.2, -0.15) is 0 Å². The van der Waals surface area contributed by atoms with E-state index in [0.717, 1.165) is 4.90 Å². The predicted octanol–water partition coefficient (Wildman–Crippen LogP) is 0.555. The van der Waals surface area contributed by atoms with E-state index in [9.17, 15) is 9.50 Å². The maximum atomic E-state index is 13.6. The van der Waals surface area contributed by atoms with Gasteiger partial charge in [-0.25, -0.2) is 4.39 Å². The molecule has 0 aliphatic carbocycles. The summed E-state index contributed by atoms with van der Waals surface area (Å²) in [5.74, 6) is 0. The zero-order chi connectivity index (χ0) is 12.4. The van der Waals surface area contributed by atoms with Crippen molar-refractivity contribution in [3.8, 4) is 0 Å². The summed E-state index contributed by atoms with van der Waals surface area (Å²) < 4.78 is 51.0. The van der Waals surface area contributed by atoms with Crippen LogP contribution in [0.2, 0.25) is 0 Å². The van der Waals surface area contributed by atoms with Gasteiger partial charge in [0.15, 0.2) is 0 Å². The fourth-order valence-electron chi connectivity index (χ4n) is 1.78. The van der Waals surface area contributed by atoms with Crippen molar-refractivity contribution in [2.24, 2.45) is 0 Å². The average molecular weight is 164 g/mol. The van der Waals surface area contributed by atoms with E-state index in [2.05, 4.69) is 0 Å². The fourth-order valence-corrected chi connectivity index (χ4v) is 1.78. The first kappa shape index (κ1) is 3.71. The third kappa shape index (κ3) is 0.983. The molecule has 0 aromatic heterocycles. The molecule has 0 amide bonds. The Hall–Kier alpha value is -0.150. The molecule has 2 heterocycles. The Labute approximate surface area is 73.0 Å². The third-order valence-corrected chi connectivity index (χ3v) is 2.38. The SMILES string of the molecule is [2H]C1([2H])CC[C@@]2(C([2H])([2H])O)C[C@@]([2H])(F)CN12. The van der Waals surface area contributed by atoms with Gasteiger partial charge < -0.3 is 5.11 Å². The molecule has 2 fully saturated rings. The van der Waals surface area contributed by atoms with Crippen molar-refractivity contribution in [3.05, 3.63) is 0 Å². The van der Waals surface area contributed by atoms with Crippen LogP contribution < -0.4 is 0 Å². The Morgan fingerprint density at radius 3 is 3.45 bits per heavy atom. The molecule has 0 unspecified atom stereocenters. The van der Waals surface area contributed by atoms with Crippen LogP contribution in [0.3, 0.4) is 0 Å². The molecule has 0 bridgehead atoms. The second-order valence-corrected chi connectivity index (χ2v) is 3.08. The van der Waals surface area contributed by atoms with Crippen molar-refractivity contribution in [1.29, 1.82) is 0 Å². The lowest BCUT2D eigenvalue weighted by molar-refractivity contribution is 0.0996. The molecule has 0 aromatic rings. The highest BCUT2D eigenvalue weighted by atomic mass is 19.1. The minimum absolute atomic E-state index is 0.0219. The number of halogens is 1. The molecule has 2 nitrogen and oxygen atoms in total. The monoisotopic (exact) mass is 164 g/mol. The molecule has 0 saturated carbocycles. The zero-order valence-electron chi connectivity index (χ0n) is 11.1. The summed E-state index contributed by atoms with van der Waals surface area (Å²) in [6.45, 7) is -5.06. The van der Waals surface area contributed by atoms with Gasteiger partial charge in [0.25, 0.3) is 0 Å². The molecule has 11 heavy (non-hydrogen) atoms. The highest BCUT2D eigenvalue weighted by Crippen LogP contribution is 2.39. The zero-order valence-corrected chi connectivity index (χ0v) is 6.10. The van der Waals surface area contributed by atoms with Gasteiger partial charge in [-0.1, -0.05) is 0 Å². The Kier molecular flexibility index (Phi) is 0.816. The summed E-state index contributed by atoms with van der Waals surface area (Å²) in [4.78, 5) is 0.979. The summed E-state index contributed by atoms with van der Waals surface area (Å²) in [6.07, 6.45) is -2.83. The number of rotatable bonds is 1. The van der Waals surface area contributed by atoms with E-state index < -0.39 is 37.7 Å². The van der Waals surface area contributed by atoms with E-state index in [1.54, 1.807) is 0 Å². The van der Waals surface area contributed by atoms with Crippen LogP contribution in [-0.4, -0.2) is 41.3 Å². The van der Waals surface area contributed by atoms with Crippen LogP contribution in [0.5, 0.6) is 0 Å². The number of hydrogen-bond donors (Lipinski definition) is 1. The first-order chi connectivity index (χ1) is 7.00. The van der Waals surface area contributed by atoms with Crippen molar-refractivity contribution < 1.29 is 16.4 Å². The van der Waals surface area contributed by atoms with Gasteiger partial charge in [-0.3, -0.25) is 4.90 Å². The van der Waals surface area contributed by atoms with E-state index in [1.165, 1.54) is 0 Å². The van der Waals surface area contributed by atoms with E-state index in [4.69, 9.17) is 6.85 Å². The molecule has 0 spiro atoms. The van der Waals surface area contributed by atoms with E-state index >= 15 is 0 Å². The molecule has 64 valence electrons. The van der Waals surface area contributed by atoms with Gasteiger partial charge in [0.2, 0.25) is 0 Å². The van der Waals surface area contributed by atoms with Crippen LogP contribution in [0, 0.1) is 0 Å². The summed E-state index contributed by atoms with van der Waals surface area (Å²) in [6, 6.07) is 0. The van der Waals surface area contributed by atoms with E-state index in [-0.39, 0.29) is 12.8 Å². The van der Waals surface area contributed by atoms with Crippen LogP contribution in [0.25, 0.3) is 0 Å². The average Bonchev–Trinajstić information content (AvgIpc) is 2.45. The molecule has 0 aromatic carbocycles. The van der Waals surface area contributed by atoms with Crippen LogP contribution >= 0.6 is 0 Å². The van der Waals surface area contributed by atoms with Gasteiger partial charge in [0, 0.05) is 21.2 Å². The lowest BCUT2D eigenvalue weighted by atomic mass is 9.95. The number of aliphatic hydroxyl groups is 1. The topological polar surface area (TPSA) is 23.5 Å². The van der Waals surface area contributed by atoms with E-state index in [1.807, 2.05) is 0 Å². The van der Waals surface area contributed by atoms with Crippen LogP contribution in [-0.2, 0) is 0 Å². The normalized spacial score (nSPS) is 64.0. The van der Waals surface area contributed by atoms with Crippen molar-refractivity contribution in [2.45, 2.75) is 30.9 Å². The molecule has 2 aliphatic heterocycles. The van der Waals surface area contributed by atoms with Crippen molar-refractivity contribution >= 4 is 0 Å². The molecule has 2 atom stereocenters. The summed E-state index contributed by atoms with van der Waals surface area (Å²) in [5.41, 5.74) is -1.60. The summed E-state index contributed by atoms with van der Waals surface area (Å²) >= 11 is 0. The quantitative estimate of drug-likeness (QED) is 0.612. The van der Waals surface area contributed by atoms with Crippen molar-refractivity contribution in [3.63, 3.8) is 0 Å². The molecular formula is C8H14FNO. The smallest absolute Gasteiger partial charge is 0.115 e. The summed E-state index contributed by atoms with van der Waals surface area (Å²) in [7, 11) is 0. The van der Waals surface area contributed by atoms with Gasteiger partial charge in [0.05, 0.1) is 10.7 Å². The van der Waals surface area contributed by atoms with Gasteiger partial charge in [-0.15, -0.1) is 0 Å². The molecule has 2 rings (SSSR count). The Morgan fingerprint density at radius 1 is 2.00 bits per heavy atom. The predicted molar refractivity (Wildman–Crippen MR) is 40.1 cm³/mol. The standard InChI is InChI=1S/C8H14FNO/c9-7-4-8(6-11)2-1-3-10(8)5-7/h7,11H,1-6H2/t7-,8+/m1/s1/i3D2,6D2,7D. The minimum atomic E-state index is -2.70. The first-order valence-electron chi connectivity index (χ1n) is 6.19. The molecule has 1 N–H and O–H groups in total. The van der Waals surface area contributed by atoms with Crippen LogP contribution in [0.1, 0.15) is 26.1 Å². The highest BCUT2D eigenvalue weighted by Gasteiger charge is 2.47.